The summed E-state index contributed by atoms with van der Waals surface area (Å²) in [7, 11) is 0. The summed E-state index contributed by atoms with van der Waals surface area (Å²) >= 11 is 12.6. The molecule has 2 aromatic carbocycles. The molecule has 0 aliphatic carbocycles. The number of rotatable bonds is 4. The highest BCUT2D eigenvalue weighted by atomic mass is 35.5. The highest BCUT2D eigenvalue weighted by Crippen LogP contribution is 2.26. The van der Waals surface area contributed by atoms with Gasteiger partial charge in [0.25, 0.3) is 0 Å². The van der Waals surface area contributed by atoms with Crippen LogP contribution in [0.5, 0.6) is 0 Å². The normalized spacial score (nSPS) is 16.2. The summed E-state index contributed by atoms with van der Waals surface area (Å²) in [6, 6.07) is 16.2. The molecule has 26 heavy (non-hydrogen) atoms. The lowest BCUT2D eigenvalue weighted by Gasteiger charge is -2.35. The Morgan fingerprint density at radius 1 is 0.769 bits per heavy atom. The second-order valence-corrected chi connectivity index (χ2v) is 7.55. The SMILES string of the molecule is Clc1cccc(Cl)c1CN1CCN(Cc2nccc3ccccc23)CC1. The van der Waals surface area contributed by atoms with Gasteiger partial charge in [0.1, 0.15) is 0 Å². The zero-order valence-electron chi connectivity index (χ0n) is 14.5. The molecule has 1 aliphatic heterocycles. The first-order chi connectivity index (χ1) is 12.7. The van der Waals surface area contributed by atoms with Crippen molar-refractivity contribution in [2.45, 2.75) is 13.1 Å². The van der Waals surface area contributed by atoms with Crippen molar-refractivity contribution in [3.05, 3.63) is 76.0 Å². The van der Waals surface area contributed by atoms with E-state index in [-0.39, 0.29) is 0 Å². The van der Waals surface area contributed by atoms with Crippen LogP contribution in [-0.4, -0.2) is 41.0 Å². The fourth-order valence-electron chi connectivity index (χ4n) is 3.53. The highest BCUT2D eigenvalue weighted by Gasteiger charge is 2.19. The first kappa shape index (κ1) is 17.7. The summed E-state index contributed by atoms with van der Waals surface area (Å²) in [6.45, 7) is 5.75. The fraction of sp³-hybridized carbons (Fsp3) is 0.286. The highest BCUT2D eigenvalue weighted by molar-refractivity contribution is 6.35. The van der Waals surface area contributed by atoms with Crippen LogP contribution in [0.1, 0.15) is 11.3 Å². The zero-order chi connectivity index (χ0) is 17.9. The molecule has 0 N–H and O–H groups in total. The van der Waals surface area contributed by atoms with Gasteiger partial charge in [-0.05, 0) is 23.6 Å². The van der Waals surface area contributed by atoms with E-state index in [1.165, 1.54) is 10.8 Å². The van der Waals surface area contributed by atoms with Gasteiger partial charge in [-0.25, -0.2) is 0 Å². The minimum absolute atomic E-state index is 0.750. The first-order valence-electron chi connectivity index (χ1n) is 8.91. The maximum Gasteiger partial charge on any atom is 0.0622 e. The first-order valence-corrected chi connectivity index (χ1v) is 9.66. The molecule has 3 nitrogen and oxygen atoms in total. The molecule has 0 radical (unpaired) electrons. The van der Waals surface area contributed by atoms with Crippen LogP contribution in [0.25, 0.3) is 10.8 Å². The molecule has 2 heterocycles. The van der Waals surface area contributed by atoms with Crippen LogP contribution in [-0.2, 0) is 13.1 Å². The molecular formula is C21H21Cl2N3. The van der Waals surface area contributed by atoms with Crippen LogP contribution in [0.15, 0.2) is 54.7 Å². The molecule has 0 bridgehead atoms. The van der Waals surface area contributed by atoms with Gasteiger partial charge in [0, 0.05) is 66.5 Å². The lowest BCUT2D eigenvalue weighted by Crippen LogP contribution is -2.45. The van der Waals surface area contributed by atoms with Gasteiger partial charge < -0.3 is 0 Å². The van der Waals surface area contributed by atoms with Crippen LogP contribution in [0, 0.1) is 0 Å². The van der Waals surface area contributed by atoms with Crippen LogP contribution in [0.4, 0.5) is 0 Å². The molecule has 0 unspecified atom stereocenters. The molecule has 134 valence electrons. The second kappa shape index (κ2) is 7.93. The number of hydrogen-bond acceptors (Lipinski definition) is 3. The summed E-state index contributed by atoms with van der Waals surface area (Å²) < 4.78 is 0. The molecule has 1 aliphatic rings. The van der Waals surface area contributed by atoms with Gasteiger partial charge in [0.15, 0.2) is 0 Å². The number of hydrogen-bond donors (Lipinski definition) is 0. The van der Waals surface area contributed by atoms with E-state index in [1.54, 1.807) is 0 Å². The number of fused-ring (bicyclic) bond motifs is 1. The van der Waals surface area contributed by atoms with E-state index in [9.17, 15) is 0 Å². The Morgan fingerprint density at radius 3 is 2.15 bits per heavy atom. The lowest BCUT2D eigenvalue weighted by molar-refractivity contribution is 0.121. The van der Waals surface area contributed by atoms with Gasteiger partial charge in [-0.1, -0.05) is 53.5 Å². The van der Waals surface area contributed by atoms with Gasteiger partial charge in [0.2, 0.25) is 0 Å². The van der Waals surface area contributed by atoms with Crippen molar-refractivity contribution < 1.29 is 0 Å². The molecule has 0 atom stereocenters. The molecule has 1 aromatic heterocycles. The molecule has 0 saturated carbocycles. The minimum atomic E-state index is 0.750. The van der Waals surface area contributed by atoms with Crippen molar-refractivity contribution in [2.75, 3.05) is 26.2 Å². The van der Waals surface area contributed by atoms with Gasteiger partial charge in [-0.3, -0.25) is 14.8 Å². The minimum Gasteiger partial charge on any atom is -0.296 e. The van der Waals surface area contributed by atoms with Crippen molar-refractivity contribution in [3.63, 3.8) is 0 Å². The fourth-order valence-corrected chi connectivity index (χ4v) is 4.05. The molecule has 1 saturated heterocycles. The standard InChI is InChI=1S/C21H21Cl2N3/c22-19-6-3-7-20(23)18(19)14-25-10-12-26(13-11-25)15-21-17-5-2-1-4-16(17)8-9-24-21/h1-9H,10-15H2. The molecule has 3 aromatic rings. The average molecular weight is 386 g/mol. The summed E-state index contributed by atoms with van der Waals surface area (Å²) in [4.78, 5) is 9.51. The summed E-state index contributed by atoms with van der Waals surface area (Å²) in [6.07, 6.45) is 1.91. The van der Waals surface area contributed by atoms with Gasteiger partial charge in [-0.15, -0.1) is 0 Å². The summed E-state index contributed by atoms with van der Waals surface area (Å²) in [5, 5.41) is 4.00. The number of nitrogens with zero attached hydrogens (tertiary/aromatic N) is 3. The van der Waals surface area contributed by atoms with Crippen LogP contribution < -0.4 is 0 Å². The van der Waals surface area contributed by atoms with Crippen LogP contribution >= 0.6 is 23.2 Å². The van der Waals surface area contributed by atoms with Crippen molar-refractivity contribution in [1.82, 2.24) is 14.8 Å². The monoisotopic (exact) mass is 385 g/mol. The van der Waals surface area contributed by atoms with E-state index in [0.717, 1.165) is 60.6 Å². The van der Waals surface area contributed by atoms with Crippen molar-refractivity contribution >= 4 is 34.0 Å². The number of piperazine rings is 1. The third-order valence-electron chi connectivity index (χ3n) is 5.04. The van der Waals surface area contributed by atoms with E-state index in [0.29, 0.717) is 0 Å². The molecular weight excluding hydrogens is 365 g/mol. The Kier molecular flexibility index (Phi) is 5.41. The van der Waals surface area contributed by atoms with Gasteiger partial charge in [-0.2, -0.15) is 0 Å². The Morgan fingerprint density at radius 2 is 1.42 bits per heavy atom. The molecule has 5 heteroatoms. The average Bonchev–Trinajstić information content (AvgIpc) is 2.66. The Balaban J connectivity index is 1.39. The lowest BCUT2D eigenvalue weighted by atomic mass is 10.1. The van der Waals surface area contributed by atoms with Crippen LogP contribution in [0.2, 0.25) is 10.0 Å². The van der Waals surface area contributed by atoms with Crippen molar-refractivity contribution in [3.8, 4) is 0 Å². The smallest absolute Gasteiger partial charge is 0.0622 e. The summed E-state index contributed by atoms with van der Waals surface area (Å²) in [5.74, 6) is 0. The largest absolute Gasteiger partial charge is 0.296 e. The van der Waals surface area contributed by atoms with E-state index >= 15 is 0 Å². The molecule has 4 rings (SSSR count). The number of benzene rings is 2. The number of pyridine rings is 1. The topological polar surface area (TPSA) is 19.4 Å². The Labute approximate surface area is 164 Å². The number of halogens is 2. The number of aromatic nitrogens is 1. The maximum atomic E-state index is 6.31. The second-order valence-electron chi connectivity index (χ2n) is 6.73. The molecule has 0 spiro atoms. The third-order valence-corrected chi connectivity index (χ3v) is 5.75. The quantitative estimate of drug-likeness (QED) is 0.639. The summed E-state index contributed by atoms with van der Waals surface area (Å²) in [5.41, 5.74) is 2.19. The molecule has 0 amide bonds. The van der Waals surface area contributed by atoms with Gasteiger partial charge >= 0.3 is 0 Å². The van der Waals surface area contributed by atoms with E-state index in [1.807, 2.05) is 24.4 Å². The van der Waals surface area contributed by atoms with E-state index in [4.69, 9.17) is 23.2 Å². The van der Waals surface area contributed by atoms with E-state index < -0.39 is 0 Å². The predicted molar refractivity (Wildman–Crippen MR) is 109 cm³/mol. The Hall–Kier alpha value is -1.65. The molecule has 1 fully saturated rings. The van der Waals surface area contributed by atoms with Crippen LogP contribution in [0.3, 0.4) is 0 Å². The maximum absolute atomic E-state index is 6.31. The zero-order valence-corrected chi connectivity index (χ0v) is 16.0. The van der Waals surface area contributed by atoms with E-state index in [2.05, 4.69) is 45.1 Å². The van der Waals surface area contributed by atoms with Crippen molar-refractivity contribution in [2.24, 2.45) is 0 Å². The third kappa shape index (κ3) is 3.86. The van der Waals surface area contributed by atoms with Gasteiger partial charge in [0.05, 0.1) is 5.69 Å². The Bertz CT molecular complexity index is 879. The predicted octanol–water partition coefficient (Wildman–Crippen LogP) is 4.86. The van der Waals surface area contributed by atoms with Crippen molar-refractivity contribution in [1.29, 1.82) is 0 Å².